The molecule has 0 spiro atoms. The van der Waals surface area contributed by atoms with Gasteiger partial charge in [-0.1, -0.05) is 13.8 Å². The number of carbonyl (C=O) groups excluding carboxylic acids is 2. The van der Waals surface area contributed by atoms with Crippen molar-refractivity contribution in [3.05, 3.63) is 29.8 Å². The maximum absolute atomic E-state index is 11.8. The number of nitrogens with one attached hydrogen (secondary N) is 2. The van der Waals surface area contributed by atoms with Gasteiger partial charge in [0.2, 0.25) is 0 Å². The van der Waals surface area contributed by atoms with Crippen molar-refractivity contribution in [3.8, 4) is 0 Å². The Labute approximate surface area is 125 Å². The first kappa shape index (κ1) is 17.2. The van der Waals surface area contributed by atoms with Crippen molar-refractivity contribution in [3.63, 3.8) is 0 Å². The molecule has 0 unspecified atom stereocenters. The highest BCUT2D eigenvalue weighted by Crippen LogP contribution is 2.20. The van der Waals surface area contributed by atoms with Gasteiger partial charge in [0.15, 0.2) is 5.78 Å². The van der Waals surface area contributed by atoms with E-state index < -0.39 is 0 Å². The topological polar surface area (TPSA) is 78.4 Å². The molecular weight excluding hydrogens is 268 g/mol. The summed E-state index contributed by atoms with van der Waals surface area (Å²) in [6.07, 6.45) is 1.57. The number of ketones is 1. The van der Waals surface area contributed by atoms with Crippen molar-refractivity contribution in [2.45, 2.75) is 33.6 Å². The minimum Gasteiger partial charge on any atom is -0.396 e. The summed E-state index contributed by atoms with van der Waals surface area (Å²) in [5.41, 5.74) is 1.20. The Morgan fingerprint density at radius 1 is 1.19 bits per heavy atom. The maximum Gasteiger partial charge on any atom is 0.319 e. The molecule has 3 N–H and O–H groups in total. The molecule has 0 saturated heterocycles. The third-order valence-electron chi connectivity index (χ3n) is 3.29. The van der Waals surface area contributed by atoms with Crippen molar-refractivity contribution in [1.29, 1.82) is 0 Å². The molecule has 1 aromatic carbocycles. The molecule has 116 valence electrons. The standard InChI is InChI=1S/C16H24N2O3/c1-12(20)13-5-7-14(8-6-13)18-15(21)17-11-16(2,3)9-4-10-19/h5-8,19H,4,9-11H2,1-3H3,(H2,17,18,21). The fourth-order valence-electron chi connectivity index (χ4n) is 1.93. The van der Waals surface area contributed by atoms with Gasteiger partial charge < -0.3 is 15.7 Å². The third kappa shape index (κ3) is 6.40. The van der Waals surface area contributed by atoms with Gasteiger partial charge in [-0.3, -0.25) is 4.79 Å². The fourth-order valence-corrected chi connectivity index (χ4v) is 1.93. The highest BCUT2D eigenvalue weighted by Gasteiger charge is 2.18. The van der Waals surface area contributed by atoms with Crippen LogP contribution in [0.2, 0.25) is 0 Å². The van der Waals surface area contributed by atoms with Crippen molar-refractivity contribution in [2.24, 2.45) is 5.41 Å². The molecule has 0 aliphatic carbocycles. The lowest BCUT2D eigenvalue weighted by Gasteiger charge is -2.24. The van der Waals surface area contributed by atoms with E-state index in [4.69, 9.17) is 5.11 Å². The molecule has 0 saturated carbocycles. The Bertz CT molecular complexity index is 481. The van der Waals surface area contributed by atoms with Crippen LogP contribution in [0.1, 0.15) is 44.0 Å². The van der Waals surface area contributed by atoms with E-state index in [-0.39, 0.29) is 23.8 Å². The summed E-state index contributed by atoms with van der Waals surface area (Å²) in [4.78, 5) is 23.0. The van der Waals surface area contributed by atoms with Gasteiger partial charge in [-0.15, -0.1) is 0 Å². The maximum atomic E-state index is 11.8. The summed E-state index contributed by atoms with van der Waals surface area (Å²) in [5.74, 6) is -0.00312. The van der Waals surface area contributed by atoms with E-state index in [0.717, 1.165) is 12.8 Å². The van der Waals surface area contributed by atoms with E-state index in [9.17, 15) is 9.59 Å². The first-order valence-electron chi connectivity index (χ1n) is 7.11. The molecule has 5 heteroatoms. The molecule has 0 heterocycles. The predicted molar refractivity (Wildman–Crippen MR) is 83.6 cm³/mol. The number of carbonyl (C=O) groups is 2. The summed E-state index contributed by atoms with van der Waals surface area (Å²) >= 11 is 0. The molecule has 21 heavy (non-hydrogen) atoms. The number of hydrogen-bond acceptors (Lipinski definition) is 3. The Balaban J connectivity index is 2.45. The van der Waals surface area contributed by atoms with Crippen LogP contribution in [0.4, 0.5) is 10.5 Å². The minimum absolute atomic E-state index is 0.00312. The molecule has 0 fully saturated rings. The van der Waals surface area contributed by atoms with Crippen molar-refractivity contribution >= 4 is 17.5 Å². The number of aliphatic hydroxyl groups is 1. The lowest BCUT2D eigenvalue weighted by atomic mass is 9.88. The quantitative estimate of drug-likeness (QED) is 0.676. The second-order valence-electron chi connectivity index (χ2n) is 5.93. The zero-order valence-corrected chi connectivity index (χ0v) is 12.9. The largest absolute Gasteiger partial charge is 0.396 e. The van der Waals surface area contributed by atoms with E-state index in [2.05, 4.69) is 10.6 Å². The van der Waals surface area contributed by atoms with Crippen LogP contribution in [-0.4, -0.2) is 30.1 Å². The van der Waals surface area contributed by atoms with Crippen LogP contribution in [0, 0.1) is 5.41 Å². The van der Waals surface area contributed by atoms with Crippen LogP contribution in [0.15, 0.2) is 24.3 Å². The molecule has 0 aliphatic heterocycles. The average Bonchev–Trinajstić information content (AvgIpc) is 2.44. The monoisotopic (exact) mass is 292 g/mol. The Morgan fingerprint density at radius 2 is 1.81 bits per heavy atom. The van der Waals surface area contributed by atoms with Gasteiger partial charge in [0.05, 0.1) is 0 Å². The Morgan fingerprint density at radius 3 is 2.33 bits per heavy atom. The van der Waals surface area contributed by atoms with Gasteiger partial charge in [0, 0.05) is 24.4 Å². The van der Waals surface area contributed by atoms with Gasteiger partial charge >= 0.3 is 6.03 Å². The highest BCUT2D eigenvalue weighted by molar-refractivity contribution is 5.95. The minimum atomic E-state index is -0.275. The van der Waals surface area contributed by atoms with Crippen LogP contribution in [0.25, 0.3) is 0 Å². The molecule has 0 bridgehead atoms. The van der Waals surface area contributed by atoms with E-state index in [0.29, 0.717) is 17.8 Å². The van der Waals surface area contributed by atoms with E-state index >= 15 is 0 Å². The summed E-state index contributed by atoms with van der Waals surface area (Å²) in [6.45, 7) is 6.29. The third-order valence-corrected chi connectivity index (χ3v) is 3.29. The first-order valence-corrected chi connectivity index (χ1v) is 7.11. The van der Waals surface area contributed by atoms with Gasteiger partial charge in [-0.2, -0.15) is 0 Å². The Hall–Kier alpha value is -1.88. The first-order chi connectivity index (χ1) is 9.84. The van der Waals surface area contributed by atoms with Crippen LogP contribution in [0.5, 0.6) is 0 Å². The van der Waals surface area contributed by atoms with Crippen LogP contribution in [-0.2, 0) is 0 Å². The molecule has 1 aromatic rings. The fraction of sp³-hybridized carbons (Fsp3) is 0.500. The highest BCUT2D eigenvalue weighted by atomic mass is 16.3. The number of anilines is 1. The van der Waals surface area contributed by atoms with Crippen molar-refractivity contribution in [1.82, 2.24) is 5.32 Å². The average molecular weight is 292 g/mol. The normalized spacial score (nSPS) is 11.0. The van der Waals surface area contributed by atoms with Crippen LogP contribution < -0.4 is 10.6 Å². The van der Waals surface area contributed by atoms with Crippen LogP contribution in [0.3, 0.4) is 0 Å². The number of aliphatic hydroxyl groups excluding tert-OH is 1. The predicted octanol–water partition coefficient (Wildman–Crippen LogP) is 2.81. The molecule has 2 amide bonds. The number of amides is 2. The van der Waals surface area contributed by atoms with E-state index in [1.807, 2.05) is 13.8 Å². The summed E-state index contributed by atoms with van der Waals surface area (Å²) < 4.78 is 0. The van der Waals surface area contributed by atoms with Crippen molar-refractivity contribution < 1.29 is 14.7 Å². The number of rotatable bonds is 7. The van der Waals surface area contributed by atoms with E-state index in [1.54, 1.807) is 24.3 Å². The summed E-state index contributed by atoms with van der Waals surface area (Å²) in [5, 5.41) is 14.4. The van der Waals surface area contributed by atoms with E-state index in [1.165, 1.54) is 6.92 Å². The number of urea groups is 1. The van der Waals surface area contributed by atoms with Gasteiger partial charge in [-0.25, -0.2) is 4.79 Å². The Kier molecular flexibility index (Phi) is 6.37. The van der Waals surface area contributed by atoms with Gasteiger partial charge in [-0.05, 0) is 49.4 Å². The number of benzene rings is 1. The summed E-state index contributed by atoms with van der Waals surface area (Å²) in [7, 11) is 0. The lowest BCUT2D eigenvalue weighted by molar-refractivity contribution is 0.101. The lowest BCUT2D eigenvalue weighted by Crippen LogP contribution is -2.36. The smallest absolute Gasteiger partial charge is 0.319 e. The van der Waals surface area contributed by atoms with Gasteiger partial charge in [0.25, 0.3) is 0 Å². The molecule has 0 aliphatic rings. The molecule has 0 aromatic heterocycles. The second-order valence-corrected chi connectivity index (χ2v) is 5.93. The van der Waals surface area contributed by atoms with Crippen LogP contribution >= 0.6 is 0 Å². The SMILES string of the molecule is CC(=O)c1ccc(NC(=O)NCC(C)(C)CCCO)cc1. The molecule has 0 radical (unpaired) electrons. The molecule has 5 nitrogen and oxygen atoms in total. The van der Waals surface area contributed by atoms with Gasteiger partial charge in [0.1, 0.15) is 0 Å². The number of hydrogen-bond donors (Lipinski definition) is 3. The molecule has 1 rings (SSSR count). The molecular formula is C16H24N2O3. The zero-order valence-electron chi connectivity index (χ0n) is 12.9. The second kappa shape index (κ2) is 7.78. The van der Waals surface area contributed by atoms with Crippen molar-refractivity contribution in [2.75, 3.05) is 18.5 Å². The summed E-state index contributed by atoms with van der Waals surface area (Å²) in [6, 6.07) is 6.50. The zero-order chi connectivity index (χ0) is 15.9. The number of Topliss-reactive ketones (excluding diaryl/α,β-unsaturated/α-hetero) is 1. The molecule has 0 atom stereocenters.